The second kappa shape index (κ2) is 8.91. The standard InChI is InChI=1S/C28H26N2O5/c1-2-17-11-12-24(22(15-17)25(31)32)29-26(33)28(13-14-28)30-27(34)35-16-23-20-9-5-3-7-18(20)19-8-4-6-10-21(19)23/h3-12,15,23H,2,13-14,16H2,1H3,(H,29,33)(H,30,34)(H,31,32). The van der Waals surface area contributed by atoms with Crippen LogP contribution in [0, 0.1) is 0 Å². The molecule has 2 aliphatic carbocycles. The van der Waals surface area contributed by atoms with Crippen LogP contribution in [-0.2, 0) is 16.0 Å². The van der Waals surface area contributed by atoms with Crippen LogP contribution in [0.2, 0.25) is 0 Å². The summed E-state index contributed by atoms with van der Waals surface area (Å²) in [5.41, 5.74) is 4.49. The molecule has 3 aromatic rings. The SMILES string of the molecule is CCc1ccc(NC(=O)C2(NC(=O)OCC3c4ccccc4-c4ccccc43)CC2)c(C(=O)O)c1. The van der Waals surface area contributed by atoms with Crippen molar-refractivity contribution >= 4 is 23.7 Å². The molecule has 0 radical (unpaired) electrons. The van der Waals surface area contributed by atoms with Gasteiger partial charge in [0.2, 0.25) is 5.91 Å². The van der Waals surface area contributed by atoms with E-state index in [9.17, 15) is 19.5 Å². The van der Waals surface area contributed by atoms with Gasteiger partial charge in [-0.2, -0.15) is 0 Å². The first-order chi connectivity index (χ1) is 16.9. The van der Waals surface area contributed by atoms with Crippen molar-refractivity contribution in [1.82, 2.24) is 5.32 Å². The van der Waals surface area contributed by atoms with Crippen LogP contribution in [0.4, 0.5) is 10.5 Å². The summed E-state index contributed by atoms with van der Waals surface area (Å²) >= 11 is 0. The topological polar surface area (TPSA) is 105 Å². The fraction of sp³-hybridized carbons (Fsp3) is 0.250. The van der Waals surface area contributed by atoms with Crippen molar-refractivity contribution in [3.63, 3.8) is 0 Å². The third kappa shape index (κ3) is 4.25. The number of benzene rings is 3. The van der Waals surface area contributed by atoms with Crippen molar-refractivity contribution in [2.24, 2.45) is 0 Å². The maximum Gasteiger partial charge on any atom is 0.408 e. The van der Waals surface area contributed by atoms with Crippen molar-refractivity contribution in [2.45, 2.75) is 37.6 Å². The Bertz CT molecular complexity index is 1280. The van der Waals surface area contributed by atoms with Crippen LogP contribution in [-0.4, -0.2) is 35.2 Å². The number of carbonyl (C=O) groups is 3. The van der Waals surface area contributed by atoms with Crippen LogP contribution < -0.4 is 10.6 Å². The van der Waals surface area contributed by atoms with Gasteiger partial charge in [0.15, 0.2) is 0 Å². The van der Waals surface area contributed by atoms with Gasteiger partial charge in [0.25, 0.3) is 0 Å². The molecule has 2 amide bonds. The summed E-state index contributed by atoms with van der Waals surface area (Å²) in [6.45, 7) is 2.08. The van der Waals surface area contributed by atoms with E-state index in [4.69, 9.17) is 4.74 Å². The molecule has 0 unspecified atom stereocenters. The highest BCUT2D eigenvalue weighted by molar-refractivity contribution is 6.06. The third-order valence-electron chi connectivity index (χ3n) is 6.84. The number of anilines is 1. The number of carboxylic acids is 1. The molecule has 0 saturated heterocycles. The molecule has 0 bridgehead atoms. The van der Waals surface area contributed by atoms with Gasteiger partial charge in [-0.05, 0) is 59.2 Å². The van der Waals surface area contributed by atoms with Gasteiger partial charge in [0.05, 0.1) is 11.3 Å². The van der Waals surface area contributed by atoms with E-state index in [0.29, 0.717) is 19.3 Å². The second-order valence-corrected chi connectivity index (χ2v) is 9.03. The number of fused-ring (bicyclic) bond motifs is 3. The summed E-state index contributed by atoms with van der Waals surface area (Å²) in [4.78, 5) is 37.3. The van der Waals surface area contributed by atoms with E-state index in [1.807, 2.05) is 43.3 Å². The Kier molecular flexibility index (Phi) is 5.76. The Labute approximate surface area is 203 Å². The van der Waals surface area contributed by atoms with Gasteiger partial charge in [-0.15, -0.1) is 0 Å². The first-order valence-corrected chi connectivity index (χ1v) is 11.7. The Morgan fingerprint density at radius 3 is 2.17 bits per heavy atom. The maximum atomic E-state index is 13.0. The molecular weight excluding hydrogens is 444 g/mol. The average molecular weight is 471 g/mol. The Balaban J connectivity index is 1.25. The summed E-state index contributed by atoms with van der Waals surface area (Å²) < 4.78 is 5.58. The van der Waals surface area contributed by atoms with Crippen LogP contribution in [0.5, 0.6) is 0 Å². The quantitative estimate of drug-likeness (QED) is 0.453. The van der Waals surface area contributed by atoms with E-state index in [0.717, 1.165) is 27.8 Å². The number of hydrogen-bond acceptors (Lipinski definition) is 4. The highest BCUT2D eigenvalue weighted by Crippen LogP contribution is 2.44. The van der Waals surface area contributed by atoms with E-state index in [2.05, 4.69) is 22.8 Å². The lowest BCUT2D eigenvalue weighted by Gasteiger charge is -2.19. The van der Waals surface area contributed by atoms with Crippen LogP contribution >= 0.6 is 0 Å². The average Bonchev–Trinajstić information content (AvgIpc) is 3.58. The number of carbonyl (C=O) groups excluding carboxylic acids is 2. The second-order valence-electron chi connectivity index (χ2n) is 9.03. The Morgan fingerprint density at radius 1 is 0.971 bits per heavy atom. The minimum Gasteiger partial charge on any atom is -0.478 e. The van der Waals surface area contributed by atoms with Crippen LogP contribution in [0.1, 0.15) is 52.7 Å². The number of hydrogen-bond donors (Lipinski definition) is 3. The zero-order chi connectivity index (χ0) is 24.6. The maximum absolute atomic E-state index is 13.0. The molecule has 2 aliphatic rings. The number of alkyl carbamates (subject to hydrolysis) is 1. The van der Waals surface area contributed by atoms with E-state index in [-0.39, 0.29) is 23.8 Å². The lowest BCUT2D eigenvalue weighted by molar-refractivity contribution is -0.119. The molecule has 178 valence electrons. The molecule has 3 aromatic carbocycles. The molecule has 3 N–H and O–H groups in total. The number of nitrogens with one attached hydrogen (secondary N) is 2. The fourth-order valence-corrected chi connectivity index (χ4v) is 4.70. The van der Waals surface area contributed by atoms with Gasteiger partial charge in [0.1, 0.15) is 12.1 Å². The van der Waals surface area contributed by atoms with Crippen LogP contribution in [0.15, 0.2) is 66.7 Å². The van der Waals surface area contributed by atoms with Crippen LogP contribution in [0.25, 0.3) is 11.1 Å². The first-order valence-electron chi connectivity index (χ1n) is 11.7. The summed E-state index contributed by atoms with van der Waals surface area (Å²) in [6.07, 6.45) is 0.929. The number of carboxylic acid groups (broad SMARTS) is 1. The smallest absolute Gasteiger partial charge is 0.408 e. The van der Waals surface area contributed by atoms with Gasteiger partial charge in [-0.3, -0.25) is 4.79 Å². The largest absolute Gasteiger partial charge is 0.478 e. The van der Waals surface area contributed by atoms with Gasteiger partial charge < -0.3 is 20.5 Å². The molecule has 0 atom stereocenters. The normalized spacial score (nSPS) is 15.0. The molecule has 1 saturated carbocycles. The predicted molar refractivity (Wildman–Crippen MR) is 132 cm³/mol. The summed E-state index contributed by atoms with van der Waals surface area (Å²) in [6, 6.07) is 21.1. The molecule has 5 rings (SSSR count). The van der Waals surface area contributed by atoms with Crippen molar-refractivity contribution in [1.29, 1.82) is 0 Å². The molecule has 0 heterocycles. The Morgan fingerprint density at radius 2 is 1.60 bits per heavy atom. The molecule has 0 aliphatic heterocycles. The lowest BCUT2D eigenvalue weighted by Crippen LogP contribution is -2.46. The molecule has 7 nitrogen and oxygen atoms in total. The first kappa shape index (κ1) is 22.7. The van der Waals surface area contributed by atoms with Crippen molar-refractivity contribution in [3.05, 3.63) is 89.0 Å². The molecule has 7 heteroatoms. The van der Waals surface area contributed by atoms with Gasteiger partial charge in [-0.25, -0.2) is 9.59 Å². The lowest BCUT2D eigenvalue weighted by atomic mass is 9.98. The highest BCUT2D eigenvalue weighted by Gasteiger charge is 2.52. The zero-order valence-corrected chi connectivity index (χ0v) is 19.3. The van der Waals surface area contributed by atoms with Gasteiger partial charge in [0, 0.05) is 5.92 Å². The summed E-state index contributed by atoms with van der Waals surface area (Å²) in [7, 11) is 0. The Hall–Kier alpha value is -4.13. The molecule has 0 aromatic heterocycles. The minimum atomic E-state index is -1.12. The number of amides is 2. The summed E-state index contributed by atoms with van der Waals surface area (Å²) in [5, 5.41) is 14.9. The van der Waals surface area contributed by atoms with Gasteiger partial charge >= 0.3 is 12.1 Å². The monoisotopic (exact) mass is 470 g/mol. The number of aromatic carboxylic acids is 1. The zero-order valence-electron chi connectivity index (χ0n) is 19.3. The van der Waals surface area contributed by atoms with Crippen molar-refractivity contribution < 1.29 is 24.2 Å². The third-order valence-corrected chi connectivity index (χ3v) is 6.84. The summed E-state index contributed by atoms with van der Waals surface area (Å²) in [5.74, 6) is -1.64. The molecule has 0 spiro atoms. The van der Waals surface area contributed by atoms with E-state index in [1.54, 1.807) is 18.2 Å². The highest BCUT2D eigenvalue weighted by atomic mass is 16.5. The van der Waals surface area contributed by atoms with Gasteiger partial charge in [-0.1, -0.05) is 61.5 Å². The van der Waals surface area contributed by atoms with Crippen molar-refractivity contribution in [2.75, 3.05) is 11.9 Å². The number of ether oxygens (including phenoxy) is 1. The van der Waals surface area contributed by atoms with Crippen molar-refractivity contribution in [3.8, 4) is 11.1 Å². The predicted octanol–water partition coefficient (Wildman–Crippen LogP) is 4.96. The van der Waals surface area contributed by atoms with E-state index in [1.165, 1.54) is 0 Å². The number of rotatable bonds is 7. The van der Waals surface area contributed by atoms with E-state index < -0.39 is 23.5 Å². The van der Waals surface area contributed by atoms with E-state index >= 15 is 0 Å². The molecule has 35 heavy (non-hydrogen) atoms. The molecular formula is C28H26N2O5. The fourth-order valence-electron chi connectivity index (χ4n) is 4.70. The minimum absolute atomic E-state index is 0.0228. The van der Waals surface area contributed by atoms with Crippen LogP contribution in [0.3, 0.4) is 0 Å². The molecule has 1 fully saturated rings. The number of aryl methyl sites for hydroxylation is 1.